The minimum absolute atomic E-state index is 0.169. The fourth-order valence-electron chi connectivity index (χ4n) is 2.06. The minimum atomic E-state index is -0.169. The lowest BCUT2D eigenvalue weighted by Gasteiger charge is -2.18. The molecular formula is C17H21P. The normalized spacial score (nSPS) is 12.3. The Bertz CT molecular complexity index is 459. The zero-order valence-corrected chi connectivity index (χ0v) is 12.2. The molecule has 1 atom stereocenters. The first kappa shape index (κ1) is 13.3. The second-order valence-electron chi connectivity index (χ2n) is 4.68. The van der Waals surface area contributed by atoms with Crippen LogP contribution in [0.25, 0.3) is 0 Å². The Labute approximate surface area is 112 Å². The average molecular weight is 256 g/mol. The summed E-state index contributed by atoms with van der Waals surface area (Å²) in [4.78, 5) is 0. The van der Waals surface area contributed by atoms with Crippen LogP contribution < -0.4 is 10.6 Å². The molecule has 0 aliphatic rings. The summed E-state index contributed by atoms with van der Waals surface area (Å²) in [5.74, 6) is 0. The van der Waals surface area contributed by atoms with Gasteiger partial charge in [-0.15, -0.1) is 0 Å². The molecule has 1 heteroatoms. The summed E-state index contributed by atoms with van der Waals surface area (Å²) in [6.45, 7) is 4.42. The highest BCUT2D eigenvalue weighted by molar-refractivity contribution is 7.73. The molecule has 0 saturated heterocycles. The molecule has 0 fully saturated rings. The Balaban J connectivity index is 2.27. The van der Waals surface area contributed by atoms with Crippen LogP contribution in [0.4, 0.5) is 0 Å². The standard InChI is InChI=1S/C17H21P/c1-3-4-14-18(16-8-6-5-7-9-16)17-12-10-15(2)11-13-17/h5-13H,3-4,14H2,1-2H3. The maximum Gasteiger partial charge on any atom is -0.0195 e. The van der Waals surface area contributed by atoms with Crippen molar-refractivity contribution in [1.29, 1.82) is 0 Å². The molecule has 0 aliphatic carbocycles. The summed E-state index contributed by atoms with van der Waals surface area (Å²) >= 11 is 0. The lowest BCUT2D eigenvalue weighted by molar-refractivity contribution is 0.894. The van der Waals surface area contributed by atoms with Crippen LogP contribution in [0.5, 0.6) is 0 Å². The fraction of sp³-hybridized carbons (Fsp3) is 0.294. The largest absolute Gasteiger partial charge is 0.0654 e. The van der Waals surface area contributed by atoms with Crippen molar-refractivity contribution < 1.29 is 0 Å². The maximum atomic E-state index is 2.31. The molecular weight excluding hydrogens is 235 g/mol. The predicted molar refractivity (Wildman–Crippen MR) is 83.6 cm³/mol. The molecule has 94 valence electrons. The molecule has 2 rings (SSSR count). The van der Waals surface area contributed by atoms with Gasteiger partial charge in [0.05, 0.1) is 0 Å². The van der Waals surface area contributed by atoms with Gasteiger partial charge in [-0.3, -0.25) is 0 Å². The van der Waals surface area contributed by atoms with E-state index < -0.39 is 0 Å². The molecule has 0 heterocycles. The van der Waals surface area contributed by atoms with Crippen LogP contribution in [0.3, 0.4) is 0 Å². The zero-order chi connectivity index (χ0) is 12.8. The second kappa shape index (κ2) is 6.71. The summed E-state index contributed by atoms with van der Waals surface area (Å²) in [5.41, 5.74) is 1.34. The average Bonchev–Trinajstić information content (AvgIpc) is 2.42. The number of unbranched alkanes of at least 4 members (excludes halogenated alkanes) is 1. The van der Waals surface area contributed by atoms with Crippen molar-refractivity contribution in [3.8, 4) is 0 Å². The van der Waals surface area contributed by atoms with E-state index in [0.29, 0.717) is 0 Å². The van der Waals surface area contributed by atoms with Gasteiger partial charge in [0.15, 0.2) is 0 Å². The van der Waals surface area contributed by atoms with Crippen molar-refractivity contribution in [3.05, 3.63) is 60.2 Å². The SMILES string of the molecule is CCCCP(c1ccccc1)c1ccc(C)cc1. The van der Waals surface area contributed by atoms with Crippen LogP contribution in [0.2, 0.25) is 0 Å². The van der Waals surface area contributed by atoms with Gasteiger partial charge in [-0.25, -0.2) is 0 Å². The van der Waals surface area contributed by atoms with E-state index in [1.807, 2.05) is 0 Å². The first-order chi connectivity index (χ1) is 8.81. The van der Waals surface area contributed by atoms with Crippen LogP contribution in [0.15, 0.2) is 54.6 Å². The Hall–Kier alpha value is -1.13. The van der Waals surface area contributed by atoms with E-state index >= 15 is 0 Å². The Kier molecular flexibility index (Phi) is 4.96. The highest BCUT2D eigenvalue weighted by Gasteiger charge is 2.12. The van der Waals surface area contributed by atoms with E-state index in [1.54, 1.807) is 0 Å². The van der Waals surface area contributed by atoms with Crippen molar-refractivity contribution in [1.82, 2.24) is 0 Å². The van der Waals surface area contributed by atoms with Gasteiger partial charge in [0.25, 0.3) is 0 Å². The summed E-state index contributed by atoms with van der Waals surface area (Å²) in [7, 11) is -0.169. The number of aryl methyl sites for hydroxylation is 1. The molecule has 2 aromatic rings. The van der Waals surface area contributed by atoms with Crippen LogP contribution in [0, 0.1) is 6.92 Å². The van der Waals surface area contributed by atoms with Crippen molar-refractivity contribution in [2.45, 2.75) is 26.7 Å². The van der Waals surface area contributed by atoms with Gasteiger partial charge < -0.3 is 0 Å². The molecule has 2 aromatic carbocycles. The predicted octanol–water partition coefficient (Wildman–Crippen LogP) is 4.23. The molecule has 1 unspecified atom stereocenters. The maximum absolute atomic E-state index is 2.31. The smallest absolute Gasteiger partial charge is 0.0195 e. The molecule has 18 heavy (non-hydrogen) atoms. The number of rotatable bonds is 5. The molecule has 0 aliphatic heterocycles. The first-order valence-corrected chi connectivity index (χ1v) is 8.23. The Morgan fingerprint density at radius 3 is 2.06 bits per heavy atom. The summed E-state index contributed by atoms with van der Waals surface area (Å²) in [5, 5.41) is 3.01. The van der Waals surface area contributed by atoms with Crippen LogP contribution in [0.1, 0.15) is 25.3 Å². The van der Waals surface area contributed by atoms with Gasteiger partial charge in [-0.2, -0.15) is 0 Å². The highest BCUT2D eigenvalue weighted by atomic mass is 31.1. The molecule has 0 radical (unpaired) electrons. The lowest BCUT2D eigenvalue weighted by Crippen LogP contribution is -2.13. The fourth-order valence-corrected chi connectivity index (χ4v) is 4.54. The van der Waals surface area contributed by atoms with E-state index in [9.17, 15) is 0 Å². The van der Waals surface area contributed by atoms with Crippen molar-refractivity contribution >= 4 is 18.5 Å². The van der Waals surface area contributed by atoms with Crippen molar-refractivity contribution in [3.63, 3.8) is 0 Å². The second-order valence-corrected chi connectivity index (χ2v) is 7.01. The molecule has 0 spiro atoms. The van der Waals surface area contributed by atoms with Crippen molar-refractivity contribution in [2.24, 2.45) is 0 Å². The molecule has 0 bridgehead atoms. The third-order valence-electron chi connectivity index (χ3n) is 3.15. The van der Waals surface area contributed by atoms with Gasteiger partial charge in [0.2, 0.25) is 0 Å². The summed E-state index contributed by atoms with van der Waals surface area (Å²) < 4.78 is 0. The monoisotopic (exact) mass is 256 g/mol. The van der Waals surface area contributed by atoms with Crippen LogP contribution in [-0.2, 0) is 0 Å². The molecule has 0 nitrogen and oxygen atoms in total. The summed E-state index contributed by atoms with van der Waals surface area (Å²) in [6, 6.07) is 20.1. The van der Waals surface area contributed by atoms with Gasteiger partial charge >= 0.3 is 0 Å². The van der Waals surface area contributed by atoms with Gasteiger partial charge in [-0.1, -0.05) is 73.5 Å². The van der Waals surface area contributed by atoms with Gasteiger partial charge in [-0.05, 0) is 38.0 Å². The van der Waals surface area contributed by atoms with E-state index in [2.05, 4.69) is 68.4 Å². The zero-order valence-electron chi connectivity index (χ0n) is 11.3. The molecule has 0 saturated carbocycles. The number of hydrogen-bond acceptors (Lipinski definition) is 0. The van der Waals surface area contributed by atoms with Crippen molar-refractivity contribution in [2.75, 3.05) is 6.16 Å². The van der Waals surface area contributed by atoms with E-state index in [4.69, 9.17) is 0 Å². The van der Waals surface area contributed by atoms with E-state index in [-0.39, 0.29) is 7.92 Å². The topological polar surface area (TPSA) is 0 Å². The third kappa shape index (κ3) is 3.43. The molecule has 0 N–H and O–H groups in total. The molecule has 0 aromatic heterocycles. The lowest BCUT2D eigenvalue weighted by atomic mass is 10.2. The summed E-state index contributed by atoms with van der Waals surface area (Å²) in [6.07, 6.45) is 3.89. The third-order valence-corrected chi connectivity index (χ3v) is 5.76. The van der Waals surface area contributed by atoms with Crippen LogP contribution in [-0.4, -0.2) is 6.16 Å². The number of benzene rings is 2. The number of hydrogen-bond donors (Lipinski definition) is 0. The van der Waals surface area contributed by atoms with E-state index in [0.717, 1.165) is 0 Å². The first-order valence-electron chi connectivity index (χ1n) is 6.70. The van der Waals surface area contributed by atoms with E-state index in [1.165, 1.54) is 35.2 Å². The van der Waals surface area contributed by atoms with Gasteiger partial charge in [0.1, 0.15) is 0 Å². The Morgan fingerprint density at radius 2 is 1.44 bits per heavy atom. The quantitative estimate of drug-likeness (QED) is 0.702. The molecule has 0 amide bonds. The van der Waals surface area contributed by atoms with Crippen LogP contribution >= 0.6 is 7.92 Å². The minimum Gasteiger partial charge on any atom is -0.0654 e. The highest BCUT2D eigenvalue weighted by Crippen LogP contribution is 2.34. The Morgan fingerprint density at radius 1 is 0.833 bits per heavy atom. The van der Waals surface area contributed by atoms with Gasteiger partial charge in [0, 0.05) is 0 Å².